The van der Waals surface area contributed by atoms with Gasteiger partial charge in [0, 0.05) is 18.5 Å². The molecule has 7 heteroatoms. The van der Waals surface area contributed by atoms with E-state index in [1.165, 1.54) is 23.1 Å². The van der Waals surface area contributed by atoms with Gasteiger partial charge in [-0.3, -0.25) is 9.59 Å². The SMILES string of the molecule is CNC(=O)CSc1nc(-c2ccccc2)c(NC(=O)C2CC2)s1. The van der Waals surface area contributed by atoms with Crippen molar-refractivity contribution in [1.82, 2.24) is 10.3 Å². The largest absolute Gasteiger partial charge is 0.358 e. The lowest BCUT2D eigenvalue weighted by atomic mass is 10.2. The molecule has 120 valence electrons. The van der Waals surface area contributed by atoms with Gasteiger partial charge in [-0.05, 0) is 12.8 Å². The highest BCUT2D eigenvalue weighted by atomic mass is 32.2. The summed E-state index contributed by atoms with van der Waals surface area (Å²) in [6, 6.07) is 9.76. The molecule has 5 nitrogen and oxygen atoms in total. The van der Waals surface area contributed by atoms with Gasteiger partial charge < -0.3 is 10.6 Å². The maximum absolute atomic E-state index is 12.1. The van der Waals surface area contributed by atoms with Crippen LogP contribution in [0.5, 0.6) is 0 Å². The van der Waals surface area contributed by atoms with Crippen molar-refractivity contribution in [3.8, 4) is 11.3 Å². The third-order valence-corrected chi connectivity index (χ3v) is 5.56. The molecule has 0 saturated heterocycles. The van der Waals surface area contributed by atoms with Crippen LogP contribution in [0.3, 0.4) is 0 Å². The second kappa shape index (κ2) is 7.14. The Kier molecular flexibility index (Phi) is 4.97. The van der Waals surface area contributed by atoms with Crippen molar-refractivity contribution in [1.29, 1.82) is 0 Å². The number of carbonyl (C=O) groups is 2. The molecule has 2 aromatic rings. The molecule has 23 heavy (non-hydrogen) atoms. The van der Waals surface area contributed by atoms with Crippen molar-refractivity contribution in [2.75, 3.05) is 18.1 Å². The molecule has 0 bridgehead atoms. The van der Waals surface area contributed by atoms with E-state index in [0.29, 0.717) is 5.75 Å². The van der Waals surface area contributed by atoms with Crippen LogP contribution in [-0.2, 0) is 9.59 Å². The molecule has 2 amide bonds. The molecule has 1 saturated carbocycles. The number of benzene rings is 1. The number of amides is 2. The molecule has 1 fully saturated rings. The number of aromatic nitrogens is 1. The number of rotatable bonds is 6. The molecule has 1 aromatic carbocycles. The molecule has 0 spiro atoms. The van der Waals surface area contributed by atoms with Crippen molar-refractivity contribution >= 4 is 39.9 Å². The monoisotopic (exact) mass is 347 g/mol. The highest BCUT2D eigenvalue weighted by molar-refractivity contribution is 8.01. The summed E-state index contributed by atoms with van der Waals surface area (Å²) in [5, 5.41) is 6.34. The fourth-order valence-electron chi connectivity index (χ4n) is 2.00. The van der Waals surface area contributed by atoms with Crippen LogP contribution in [-0.4, -0.2) is 29.6 Å². The summed E-state index contributed by atoms with van der Waals surface area (Å²) in [7, 11) is 1.61. The Morgan fingerprint density at radius 1 is 1.30 bits per heavy atom. The molecule has 1 aliphatic carbocycles. The Morgan fingerprint density at radius 2 is 2.04 bits per heavy atom. The Morgan fingerprint density at radius 3 is 2.70 bits per heavy atom. The zero-order valence-corrected chi connectivity index (χ0v) is 14.3. The topological polar surface area (TPSA) is 71.1 Å². The zero-order chi connectivity index (χ0) is 16.2. The van der Waals surface area contributed by atoms with Crippen LogP contribution in [0, 0.1) is 5.92 Å². The van der Waals surface area contributed by atoms with Crippen LogP contribution in [0.1, 0.15) is 12.8 Å². The van der Waals surface area contributed by atoms with Crippen molar-refractivity contribution in [3.63, 3.8) is 0 Å². The first-order chi connectivity index (χ1) is 11.2. The molecule has 3 rings (SSSR count). The normalized spacial score (nSPS) is 13.6. The summed E-state index contributed by atoms with van der Waals surface area (Å²) in [4.78, 5) is 28.1. The summed E-state index contributed by atoms with van der Waals surface area (Å²) in [6.45, 7) is 0. The van der Waals surface area contributed by atoms with Crippen LogP contribution in [0.4, 0.5) is 5.00 Å². The molecule has 0 radical (unpaired) electrons. The summed E-state index contributed by atoms with van der Waals surface area (Å²) < 4.78 is 0.776. The Hall–Kier alpha value is -1.86. The fraction of sp³-hybridized carbons (Fsp3) is 0.312. The van der Waals surface area contributed by atoms with Gasteiger partial charge >= 0.3 is 0 Å². The minimum atomic E-state index is -0.0463. The van der Waals surface area contributed by atoms with Gasteiger partial charge in [0.25, 0.3) is 0 Å². The van der Waals surface area contributed by atoms with Gasteiger partial charge in [0.1, 0.15) is 10.7 Å². The summed E-state index contributed by atoms with van der Waals surface area (Å²) in [5.41, 5.74) is 1.73. The van der Waals surface area contributed by atoms with E-state index >= 15 is 0 Å². The minimum absolute atomic E-state index is 0.0463. The van der Waals surface area contributed by atoms with Crippen molar-refractivity contribution in [3.05, 3.63) is 30.3 Å². The van der Waals surface area contributed by atoms with Gasteiger partial charge in [0.2, 0.25) is 11.8 Å². The number of nitrogens with zero attached hydrogens (tertiary/aromatic N) is 1. The van der Waals surface area contributed by atoms with Crippen molar-refractivity contribution in [2.45, 2.75) is 17.2 Å². The average Bonchev–Trinajstić information content (AvgIpc) is 3.35. The third-order valence-electron chi connectivity index (χ3n) is 3.45. The molecular formula is C16H17N3O2S2. The van der Waals surface area contributed by atoms with Crippen LogP contribution in [0.25, 0.3) is 11.3 Å². The van der Waals surface area contributed by atoms with Crippen molar-refractivity contribution in [2.24, 2.45) is 5.92 Å². The van der Waals surface area contributed by atoms with Crippen LogP contribution >= 0.6 is 23.1 Å². The first-order valence-corrected chi connectivity index (χ1v) is 9.18. The van der Waals surface area contributed by atoms with E-state index in [4.69, 9.17) is 0 Å². The second-order valence-corrected chi connectivity index (χ2v) is 7.47. The highest BCUT2D eigenvalue weighted by Crippen LogP contribution is 2.39. The quantitative estimate of drug-likeness (QED) is 0.788. The van der Waals surface area contributed by atoms with E-state index in [1.54, 1.807) is 7.05 Å². The van der Waals surface area contributed by atoms with Gasteiger partial charge in [0.15, 0.2) is 4.34 Å². The van der Waals surface area contributed by atoms with Gasteiger partial charge in [0.05, 0.1) is 5.75 Å². The third kappa shape index (κ3) is 4.11. The fourth-order valence-corrected chi connectivity index (χ4v) is 3.94. The predicted octanol–water partition coefficient (Wildman–Crippen LogP) is 3.00. The van der Waals surface area contributed by atoms with E-state index in [9.17, 15) is 9.59 Å². The lowest BCUT2D eigenvalue weighted by Gasteiger charge is -2.04. The second-order valence-electron chi connectivity index (χ2n) is 5.25. The van der Waals surface area contributed by atoms with Crippen LogP contribution in [0.15, 0.2) is 34.7 Å². The standard InChI is InChI=1S/C16H17N3O2S2/c1-17-12(20)9-22-16-18-13(10-5-3-2-4-6-10)15(23-16)19-14(21)11-7-8-11/h2-6,11H,7-9H2,1H3,(H,17,20)(H,19,21). The average molecular weight is 347 g/mol. The smallest absolute Gasteiger partial charge is 0.230 e. The maximum Gasteiger partial charge on any atom is 0.230 e. The van der Waals surface area contributed by atoms with Crippen LogP contribution < -0.4 is 10.6 Å². The molecular weight excluding hydrogens is 330 g/mol. The first-order valence-electron chi connectivity index (χ1n) is 7.38. The lowest BCUT2D eigenvalue weighted by Crippen LogP contribution is -2.19. The van der Waals surface area contributed by atoms with Crippen LogP contribution in [0.2, 0.25) is 0 Å². The summed E-state index contributed by atoms with van der Waals surface area (Å²) in [6.07, 6.45) is 1.92. The Labute approximate surface area is 142 Å². The molecule has 0 aliphatic heterocycles. The van der Waals surface area contributed by atoms with E-state index in [0.717, 1.165) is 33.4 Å². The minimum Gasteiger partial charge on any atom is -0.358 e. The molecule has 1 aromatic heterocycles. The van der Waals surface area contributed by atoms with Gasteiger partial charge in [-0.25, -0.2) is 4.98 Å². The number of anilines is 1. The lowest BCUT2D eigenvalue weighted by molar-refractivity contribution is -0.118. The number of hydrogen-bond donors (Lipinski definition) is 2. The molecule has 0 unspecified atom stereocenters. The number of thioether (sulfide) groups is 1. The predicted molar refractivity (Wildman–Crippen MR) is 93.7 cm³/mol. The maximum atomic E-state index is 12.1. The Bertz CT molecular complexity index is 711. The Balaban J connectivity index is 1.83. The molecule has 1 aliphatic rings. The van der Waals surface area contributed by atoms with E-state index in [2.05, 4.69) is 15.6 Å². The first kappa shape index (κ1) is 16.0. The van der Waals surface area contributed by atoms with E-state index in [-0.39, 0.29) is 17.7 Å². The number of carbonyl (C=O) groups excluding carboxylic acids is 2. The summed E-state index contributed by atoms with van der Waals surface area (Å²) >= 11 is 2.80. The molecule has 2 N–H and O–H groups in total. The zero-order valence-electron chi connectivity index (χ0n) is 12.7. The molecule has 1 heterocycles. The van der Waals surface area contributed by atoms with Gasteiger partial charge in [-0.2, -0.15) is 0 Å². The van der Waals surface area contributed by atoms with Gasteiger partial charge in [-0.15, -0.1) is 0 Å². The number of nitrogens with one attached hydrogen (secondary N) is 2. The van der Waals surface area contributed by atoms with Crippen molar-refractivity contribution < 1.29 is 9.59 Å². The highest BCUT2D eigenvalue weighted by Gasteiger charge is 2.30. The van der Waals surface area contributed by atoms with Gasteiger partial charge in [-0.1, -0.05) is 53.4 Å². The number of hydrogen-bond acceptors (Lipinski definition) is 5. The molecule has 0 atom stereocenters. The number of thiazole rings is 1. The summed E-state index contributed by atoms with van der Waals surface area (Å²) in [5.74, 6) is 0.472. The van der Waals surface area contributed by atoms with E-state index in [1.807, 2.05) is 30.3 Å². The van der Waals surface area contributed by atoms with E-state index < -0.39 is 0 Å².